The Morgan fingerprint density at radius 3 is 2.46 bits per heavy atom. The second-order valence-corrected chi connectivity index (χ2v) is 5.42. The molecule has 1 aliphatic rings. The zero-order chi connectivity index (χ0) is 10.1. The second-order valence-electron chi connectivity index (χ2n) is 4.90. The lowest BCUT2D eigenvalue weighted by molar-refractivity contribution is 0.206. The number of hydrogen-bond donors (Lipinski definition) is 1. The van der Waals surface area contributed by atoms with Crippen LogP contribution in [0.5, 0.6) is 0 Å². The van der Waals surface area contributed by atoms with Crippen molar-refractivity contribution < 1.29 is 5.21 Å². The summed E-state index contributed by atoms with van der Waals surface area (Å²) < 4.78 is 0. The monoisotopic (exact) mass is 203 g/mol. The van der Waals surface area contributed by atoms with Crippen molar-refractivity contribution in [2.75, 3.05) is 0 Å². The molecule has 13 heavy (non-hydrogen) atoms. The maximum Gasteiger partial charge on any atom is 0.0754 e. The summed E-state index contributed by atoms with van der Waals surface area (Å²) in [5, 5.41) is 11.8. The molecule has 76 valence electrons. The Kier molecular flexibility index (Phi) is 3.23. The number of halogens is 1. The maximum absolute atomic E-state index is 8.65. The van der Waals surface area contributed by atoms with Crippen LogP contribution in [0.15, 0.2) is 5.16 Å². The lowest BCUT2D eigenvalue weighted by Gasteiger charge is -2.35. The second kappa shape index (κ2) is 3.87. The lowest BCUT2D eigenvalue weighted by atomic mass is 9.72. The van der Waals surface area contributed by atoms with E-state index in [1.165, 1.54) is 0 Å². The van der Waals surface area contributed by atoms with E-state index in [4.69, 9.17) is 16.8 Å². The highest BCUT2D eigenvalue weighted by molar-refractivity contribution is 6.32. The molecule has 1 saturated carbocycles. The largest absolute Gasteiger partial charge is 0.411 e. The van der Waals surface area contributed by atoms with Gasteiger partial charge in [0.15, 0.2) is 0 Å². The van der Waals surface area contributed by atoms with E-state index in [1.54, 1.807) is 0 Å². The Morgan fingerprint density at radius 2 is 2.08 bits per heavy atom. The molecular weight excluding hydrogens is 186 g/mol. The summed E-state index contributed by atoms with van der Waals surface area (Å²) in [7, 11) is 0. The smallest absolute Gasteiger partial charge is 0.0754 e. The Balaban J connectivity index is 2.61. The van der Waals surface area contributed by atoms with Crippen LogP contribution in [0, 0.1) is 11.3 Å². The van der Waals surface area contributed by atoms with Crippen LogP contribution in [0.1, 0.15) is 40.0 Å². The zero-order valence-electron chi connectivity index (χ0n) is 8.55. The molecule has 2 nitrogen and oxygen atoms in total. The van der Waals surface area contributed by atoms with E-state index in [-0.39, 0.29) is 5.38 Å². The fourth-order valence-electron chi connectivity index (χ4n) is 1.88. The topological polar surface area (TPSA) is 32.6 Å². The molecule has 0 aliphatic heterocycles. The van der Waals surface area contributed by atoms with Crippen LogP contribution < -0.4 is 0 Å². The third-order valence-corrected chi connectivity index (χ3v) is 3.39. The van der Waals surface area contributed by atoms with Crippen molar-refractivity contribution >= 4 is 17.3 Å². The predicted octanol–water partition coefficient (Wildman–Crippen LogP) is 3.27. The van der Waals surface area contributed by atoms with Crippen molar-refractivity contribution in [2.45, 2.75) is 45.4 Å². The third kappa shape index (κ3) is 2.60. The molecule has 1 aliphatic carbocycles. The molecule has 0 heterocycles. The molecular formula is C10H18ClNO. The van der Waals surface area contributed by atoms with Crippen molar-refractivity contribution in [1.82, 2.24) is 0 Å². The van der Waals surface area contributed by atoms with Gasteiger partial charge in [-0.2, -0.15) is 0 Å². The van der Waals surface area contributed by atoms with Crippen LogP contribution in [0.2, 0.25) is 0 Å². The van der Waals surface area contributed by atoms with Gasteiger partial charge in [-0.3, -0.25) is 0 Å². The van der Waals surface area contributed by atoms with Crippen molar-refractivity contribution in [3.8, 4) is 0 Å². The van der Waals surface area contributed by atoms with E-state index >= 15 is 0 Å². The van der Waals surface area contributed by atoms with E-state index in [0.717, 1.165) is 25.0 Å². The first-order valence-corrected chi connectivity index (χ1v) is 5.23. The SMILES string of the molecule is CC(C)(C)[C@H]1CC/C(=N\O)[C@H](Cl)C1. The first-order valence-electron chi connectivity index (χ1n) is 4.80. The van der Waals surface area contributed by atoms with Gasteiger partial charge in [-0.05, 0) is 30.6 Å². The van der Waals surface area contributed by atoms with Gasteiger partial charge in [0.2, 0.25) is 0 Å². The highest BCUT2D eigenvalue weighted by Crippen LogP contribution is 2.38. The van der Waals surface area contributed by atoms with Crippen LogP contribution in [0.4, 0.5) is 0 Å². The minimum absolute atomic E-state index is 0.0667. The molecule has 0 aromatic carbocycles. The molecule has 0 amide bonds. The van der Waals surface area contributed by atoms with Crippen LogP contribution in [-0.4, -0.2) is 16.3 Å². The molecule has 0 bridgehead atoms. The quantitative estimate of drug-likeness (QED) is 0.366. The molecule has 3 heteroatoms. The molecule has 0 spiro atoms. The summed E-state index contributed by atoms with van der Waals surface area (Å²) in [6.45, 7) is 6.72. The molecule has 1 N–H and O–H groups in total. The van der Waals surface area contributed by atoms with Gasteiger partial charge in [-0.1, -0.05) is 25.9 Å². The maximum atomic E-state index is 8.65. The molecule has 1 fully saturated rings. The first-order chi connectivity index (χ1) is 5.95. The van der Waals surface area contributed by atoms with E-state index < -0.39 is 0 Å². The summed E-state index contributed by atoms with van der Waals surface area (Å²) >= 11 is 6.09. The molecule has 1 rings (SSSR count). The van der Waals surface area contributed by atoms with Gasteiger partial charge in [0.05, 0.1) is 11.1 Å². The summed E-state index contributed by atoms with van der Waals surface area (Å²) in [5.41, 5.74) is 1.07. The zero-order valence-corrected chi connectivity index (χ0v) is 9.30. The normalized spacial score (nSPS) is 33.7. The molecule has 0 aromatic heterocycles. The van der Waals surface area contributed by atoms with Gasteiger partial charge >= 0.3 is 0 Å². The summed E-state index contributed by atoms with van der Waals surface area (Å²) in [6.07, 6.45) is 2.86. The predicted molar refractivity (Wildman–Crippen MR) is 55.7 cm³/mol. The van der Waals surface area contributed by atoms with Crippen LogP contribution in [-0.2, 0) is 0 Å². The number of hydrogen-bond acceptors (Lipinski definition) is 2. The fraction of sp³-hybridized carbons (Fsp3) is 0.900. The summed E-state index contributed by atoms with van der Waals surface area (Å²) in [6, 6.07) is 0. The van der Waals surface area contributed by atoms with Gasteiger partial charge in [-0.25, -0.2) is 0 Å². The average molecular weight is 204 g/mol. The molecule has 2 atom stereocenters. The van der Waals surface area contributed by atoms with Crippen LogP contribution in [0.25, 0.3) is 0 Å². The Bertz CT molecular complexity index is 207. The molecule has 0 aromatic rings. The number of nitrogens with zero attached hydrogens (tertiary/aromatic N) is 1. The minimum atomic E-state index is -0.0667. The number of rotatable bonds is 0. The van der Waals surface area contributed by atoms with Gasteiger partial charge in [-0.15, -0.1) is 11.6 Å². The van der Waals surface area contributed by atoms with E-state index in [9.17, 15) is 0 Å². The molecule has 0 unspecified atom stereocenters. The van der Waals surface area contributed by atoms with E-state index in [1.807, 2.05) is 0 Å². The van der Waals surface area contributed by atoms with Gasteiger partial charge in [0, 0.05) is 0 Å². The Hall–Kier alpha value is -0.240. The minimum Gasteiger partial charge on any atom is -0.411 e. The van der Waals surface area contributed by atoms with E-state index in [0.29, 0.717) is 11.3 Å². The highest BCUT2D eigenvalue weighted by atomic mass is 35.5. The highest BCUT2D eigenvalue weighted by Gasteiger charge is 2.33. The van der Waals surface area contributed by atoms with Crippen molar-refractivity contribution in [2.24, 2.45) is 16.5 Å². The summed E-state index contributed by atoms with van der Waals surface area (Å²) in [4.78, 5) is 0. The first kappa shape index (κ1) is 10.8. The lowest BCUT2D eigenvalue weighted by Crippen LogP contribution is -2.32. The van der Waals surface area contributed by atoms with Crippen LogP contribution >= 0.6 is 11.6 Å². The van der Waals surface area contributed by atoms with E-state index in [2.05, 4.69) is 25.9 Å². The van der Waals surface area contributed by atoms with Crippen molar-refractivity contribution in [3.63, 3.8) is 0 Å². The standard InChI is InChI=1S/C10H18ClNO/c1-10(2,3)7-4-5-9(12-13)8(11)6-7/h7-8,13H,4-6H2,1-3H3/b12-9+/t7-,8+/m0/s1. The Morgan fingerprint density at radius 1 is 1.46 bits per heavy atom. The van der Waals surface area contributed by atoms with Crippen molar-refractivity contribution in [3.05, 3.63) is 0 Å². The van der Waals surface area contributed by atoms with Crippen molar-refractivity contribution in [1.29, 1.82) is 0 Å². The van der Waals surface area contributed by atoms with Gasteiger partial charge in [0.25, 0.3) is 0 Å². The molecule has 0 radical (unpaired) electrons. The molecule has 0 saturated heterocycles. The average Bonchev–Trinajstić information content (AvgIpc) is 2.02. The number of oxime groups is 1. The third-order valence-electron chi connectivity index (χ3n) is 2.96. The van der Waals surface area contributed by atoms with Gasteiger partial charge < -0.3 is 5.21 Å². The number of alkyl halides is 1. The Labute approximate surface area is 85.0 Å². The van der Waals surface area contributed by atoms with Crippen LogP contribution in [0.3, 0.4) is 0 Å². The summed E-state index contributed by atoms with van der Waals surface area (Å²) in [5.74, 6) is 0.639. The fourth-order valence-corrected chi connectivity index (χ4v) is 2.25. The van der Waals surface area contributed by atoms with Gasteiger partial charge in [0.1, 0.15) is 0 Å².